The van der Waals surface area contributed by atoms with Gasteiger partial charge in [0.15, 0.2) is 11.5 Å². The number of carbonyl (C=O) groups excluding carboxylic acids is 2. The van der Waals surface area contributed by atoms with E-state index in [0.717, 1.165) is 0 Å². The van der Waals surface area contributed by atoms with E-state index in [9.17, 15) is 9.59 Å². The lowest BCUT2D eigenvalue weighted by Crippen LogP contribution is -2.11. The molecule has 2 aromatic carbocycles. The highest BCUT2D eigenvalue weighted by Gasteiger charge is 2.20. The van der Waals surface area contributed by atoms with Gasteiger partial charge in [0, 0.05) is 5.02 Å². The SMILES string of the molecule is C=CCOC(=O)c1cc(Cl)c(OC(=O)c2cccc(Cl)c2)c(OCC)c1. The second kappa shape index (κ2) is 9.27. The average molecular weight is 395 g/mol. The number of carbonyl (C=O) groups is 2. The molecule has 0 saturated heterocycles. The minimum atomic E-state index is -0.655. The van der Waals surface area contributed by atoms with Crippen molar-refractivity contribution >= 4 is 35.1 Å². The predicted molar refractivity (Wildman–Crippen MR) is 99.5 cm³/mol. The van der Waals surface area contributed by atoms with Crippen molar-refractivity contribution in [2.75, 3.05) is 13.2 Å². The van der Waals surface area contributed by atoms with Crippen LogP contribution in [0, 0.1) is 0 Å². The zero-order valence-corrected chi connectivity index (χ0v) is 15.5. The third-order valence-corrected chi connectivity index (χ3v) is 3.65. The summed E-state index contributed by atoms with van der Waals surface area (Å²) in [7, 11) is 0. The van der Waals surface area contributed by atoms with Crippen LogP contribution in [0.15, 0.2) is 49.1 Å². The lowest BCUT2D eigenvalue weighted by atomic mass is 10.2. The van der Waals surface area contributed by atoms with Gasteiger partial charge in [-0.05, 0) is 37.3 Å². The van der Waals surface area contributed by atoms with E-state index in [2.05, 4.69) is 6.58 Å². The largest absolute Gasteiger partial charge is 0.490 e. The highest BCUT2D eigenvalue weighted by molar-refractivity contribution is 6.33. The van der Waals surface area contributed by atoms with E-state index >= 15 is 0 Å². The van der Waals surface area contributed by atoms with Crippen LogP contribution in [0.1, 0.15) is 27.6 Å². The fourth-order valence-electron chi connectivity index (χ4n) is 2.03. The van der Waals surface area contributed by atoms with Gasteiger partial charge in [-0.3, -0.25) is 0 Å². The standard InChI is InChI=1S/C19H16Cl2O5/c1-3-8-25-18(22)13-10-15(21)17(16(11-13)24-4-2)26-19(23)12-6-5-7-14(20)9-12/h3,5-7,9-11H,1,4,8H2,2H3. The van der Waals surface area contributed by atoms with Gasteiger partial charge in [-0.25, -0.2) is 9.59 Å². The first-order valence-electron chi connectivity index (χ1n) is 7.68. The van der Waals surface area contributed by atoms with Crippen LogP contribution in [0.4, 0.5) is 0 Å². The van der Waals surface area contributed by atoms with Gasteiger partial charge >= 0.3 is 11.9 Å². The Kier molecular flexibility index (Phi) is 7.06. The normalized spacial score (nSPS) is 10.1. The Balaban J connectivity index is 2.33. The summed E-state index contributed by atoms with van der Waals surface area (Å²) in [6.07, 6.45) is 1.45. The van der Waals surface area contributed by atoms with E-state index in [1.54, 1.807) is 25.1 Å². The number of rotatable bonds is 7. The van der Waals surface area contributed by atoms with E-state index in [0.29, 0.717) is 5.02 Å². The molecule has 0 N–H and O–H groups in total. The van der Waals surface area contributed by atoms with Crippen LogP contribution in [-0.2, 0) is 4.74 Å². The maximum absolute atomic E-state index is 12.3. The van der Waals surface area contributed by atoms with Crippen LogP contribution >= 0.6 is 23.2 Å². The van der Waals surface area contributed by atoms with Gasteiger partial charge in [-0.2, -0.15) is 0 Å². The molecule has 0 fully saturated rings. The number of hydrogen-bond acceptors (Lipinski definition) is 5. The maximum Gasteiger partial charge on any atom is 0.343 e. The zero-order chi connectivity index (χ0) is 19.1. The van der Waals surface area contributed by atoms with Crippen molar-refractivity contribution in [3.05, 3.63) is 70.2 Å². The van der Waals surface area contributed by atoms with Gasteiger partial charge in [0.05, 0.1) is 22.8 Å². The fraction of sp³-hybridized carbons (Fsp3) is 0.158. The fourth-order valence-corrected chi connectivity index (χ4v) is 2.47. The van der Waals surface area contributed by atoms with Crippen LogP contribution < -0.4 is 9.47 Å². The van der Waals surface area contributed by atoms with E-state index < -0.39 is 11.9 Å². The maximum atomic E-state index is 12.3. The minimum absolute atomic E-state index is 0.0127. The van der Waals surface area contributed by atoms with E-state index in [-0.39, 0.29) is 40.9 Å². The molecular weight excluding hydrogens is 379 g/mol. The Labute approximate surface area is 161 Å². The summed E-state index contributed by atoms with van der Waals surface area (Å²) in [6, 6.07) is 9.05. The highest BCUT2D eigenvalue weighted by Crippen LogP contribution is 2.37. The van der Waals surface area contributed by atoms with Crippen LogP contribution in [0.25, 0.3) is 0 Å². The molecule has 5 nitrogen and oxygen atoms in total. The molecule has 2 aromatic rings. The molecule has 0 spiro atoms. The summed E-state index contributed by atoms with van der Waals surface area (Å²) in [5.74, 6) is -1.09. The molecule has 0 unspecified atom stereocenters. The van der Waals surface area contributed by atoms with Crippen molar-refractivity contribution in [1.29, 1.82) is 0 Å². The summed E-state index contributed by atoms with van der Waals surface area (Å²) >= 11 is 12.1. The second-order valence-corrected chi connectivity index (χ2v) is 5.85. The molecule has 0 aromatic heterocycles. The number of halogens is 2. The zero-order valence-electron chi connectivity index (χ0n) is 14.0. The van der Waals surface area contributed by atoms with Gasteiger partial charge in [0.1, 0.15) is 6.61 Å². The molecule has 0 aliphatic heterocycles. The Hall–Kier alpha value is -2.50. The molecule has 0 aliphatic rings. The molecule has 0 atom stereocenters. The first-order chi connectivity index (χ1) is 12.5. The Morgan fingerprint density at radius 2 is 1.88 bits per heavy atom. The highest BCUT2D eigenvalue weighted by atomic mass is 35.5. The van der Waals surface area contributed by atoms with Gasteiger partial charge < -0.3 is 14.2 Å². The monoisotopic (exact) mass is 394 g/mol. The molecule has 26 heavy (non-hydrogen) atoms. The average Bonchev–Trinajstić information content (AvgIpc) is 2.62. The van der Waals surface area contributed by atoms with Gasteiger partial charge in [0.25, 0.3) is 0 Å². The number of ether oxygens (including phenoxy) is 3. The summed E-state index contributed by atoms with van der Waals surface area (Å²) in [4.78, 5) is 24.3. The van der Waals surface area contributed by atoms with Gasteiger partial charge in [0.2, 0.25) is 0 Å². The van der Waals surface area contributed by atoms with Crippen LogP contribution in [0.3, 0.4) is 0 Å². The van der Waals surface area contributed by atoms with Crippen LogP contribution in [0.5, 0.6) is 11.5 Å². The third-order valence-electron chi connectivity index (χ3n) is 3.13. The molecule has 0 heterocycles. The molecule has 136 valence electrons. The summed E-state index contributed by atoms with van der Waals surface area (Å²) in [6.45, 7) is 5.57. The Morgan fingerprint density at radius 3 is 2.54 bits per heavy atom. The van der Waals surface area contributed by atoms with Crippen molar-refractivity contribution in [3.8, 4) is 11.5 Å². The molecule has 0 saturated carbocycles. The lowest BCUT2D eigenvalue weighted by Gasteiger charge is -2.14. The first-order valence-corrected chi connectivity index (χ1v) is 8.44. The Morgan fingerprint density at radius 1 is 1.12 bits per heavy atom. The van der Waals surface area contributed by atoms with E-state index in [4.69, 9.17) is 37.4 Å². The molecule has 0 radical (unpaired) electrons. The topological polar surface area (TPSA) is 61.8 Å². The van der Waals surface area contributed by atoms with E-state index in [1.165, 1.54) is 24.3 Å². The minimum Gasteiger partial charge on any atom is -0.490 e. The molecule has 0 amide bonds. The summed E-state index contributed by atoms with van der Waals surface area (Å²) in [5, 5.41) is 0.438. The van der Waals surface area contributed by atoms with E-state index in [1.807, 2.05) is 0 Å². The van der Waals surface area contributed by atoms with Gasteiger partial charge in [-0.15, -0.1) is 0 Å². The van der Waals surface area contributed by atoms with Crippen LogP contribution in [0.2, 0.25) is 10.0 Å². The molecular formula is C19H16Cl2O5. The molecule has 0 bridgehead atoms. The van der Waals surface area contributed by atoms with Crippen molar-refractivity contribution in [2.24, 2.45) is 0 Å². The van der Waals surface area contributed by atoms with Crippen molar-refractivity contribution < 1.29 is 23.8 Å². The van der Waals surface area contributed by atoms with Crippen molar-refractivity contribution in [1.82, 2.24) is 0 Å². The van der Waals surface area contributed by atoms with Crippen molar-refractivity contribution in [2.45, 2.75) is 6.92 Å². The summed E-state index contributed by atoms with van der Waals surface area (Å²) in [5.41, 5.74) is 0.424. The first kappa shape index (κ1) is 19.8. The molecule has 2 rings (SSSR count). The van der Waals surface area contributed by atoms with Gasteiger partial charge in [-0.1, -0.05) is 41.9 Å². The predicted octanol–water partition coefficient (Wildman–Crippen LogP) is 4.95. The number of benzene rings is 2. The third kappa shape index (κ3) is 5.00. The Bertz CT molecular complexity index is 833. The quantitative estimate of drug-likeness (QED) is 0.377. The lowest BCUT2D eigenvalue weighted by molar-refractivity contribution is 0.0549. The smallest absolute Gasteiger partial charge is 0.343 e. The summed E-state index contributed by atoms with van der Waals surface area (Å²) < 4.78 is 15.8. The second-order valence-electron chi connectivity index (χ2n) is 5.01. The molecule has 7 heteroatoms. The number of hydrogen-bond donors (Lipinski definition) is 0. The van der Waals surface area contributed by atoms with Crippen LogP contribution in [-0.4, -0.2) is 25.2 Å². The number of esters is 2. The van der Waals surface area contributed by atoms with Crippen molar-refractivity contribution in [3.63, 3.8) is 0 Å². The molecule has 0 aliphatic carbocycles.